The van der Waals surface area contributed by atoms with Crippen LogP contribution in [0.25, 0.3) is 0 Å². The molecule has 0 N–H and O–H groups in total. The Hall–Kier alpha value is -0.520. The van der Waals surface area contributed by atoms with Gasteiger partial charge in [0.2, 0.25) is 5.78 Å². The van der Waals surface area contributed by atoms with Crippen molar-refractivity contribution in [2.45, 2.75) is 4.90 Å². The van der Waals surface area contributed by atoms with E-state index in [2.05, 4.69) is 31.9 Å². The summed E-state index contributed by atoms with van der Waals surface area (Å²) in [6, 6.07) is 9.53. The van der Waals surface area contributed by atoms with E-state index in [4.69, 9.17) is 4.42 Å². The summed E-state index contributed by atoms with van der Waals surface area (Å²) < 4.78 is 6.82. The number of thioether (sulfide) groups is 1. The summed E-state index contributed by atoms with van der Waals surface area (Å²) in [4.78, 5) is 12.9. The van der Waals surface area contributed by atoms with Gasteiger partial charge in [-0.25, -0.2) is 0 Å². The lowest BCUT2D eigenvalue weighted by atomic mass is 10.3. The second-order valence-corrected chi connectivity index (χ2v) is 5.97. The molecule has 5 heteroatoms. The second kappa shape index (κ2) is 5.89. The molecule has 0 fully saturated rings. The van der Waals surface area contributed by atoms with Crippen LogP contribution >= 0.6 is 43.6 Å². The normalized spacial score (nSPS) is 10.5. The summed E-state index contributed by atoms with van der Waals surface area (Å²) in [7, 11) is 0. The minimum absolute atomic E-state index is 0.0253. The van der Waals surface area contributed by atoms with Gasteiger partial charge in [-0.3, -0.25) is 4.79 Å². The molecule has 0 amide bonds. The molecule has 0 aliphatic rings. The molecule has 2 nitrogen and oxygen atoms in total. The molecule has 0 unspecified atom stereocenters. The number of carbonyl (C=O) groups is 1. The third-order valence-electron chi connectivity index (χ3n) is 2.07. The van der Waals surface area contributed by atoms with Gasteiger partial charge in [-0.05, 0) is 50.1 Å². The number of rotatable bonds is 4. The molecule has 17 heavy (non-hydrogen) atoms. The molecule has 88 valence electrons. The highest BCUT2D eigenvalue weighted by atomic mass is 79.9. The van der Waals surface area contributed by atoms with Gasteiger partial charge >= 0.3 is 0 Å². The Balaban J connectivity index is 2.02. The van der Waals surface area contributed by atoms with Crippen molar-refractivity contribution in [2.75, 3.05) is 5.75 Å². The van der Waals surface area contributed by atoms with Gasteiger partial charge in [-0.2, -0.15) is 0 Å². The number of furan rings is 1. The van der Waals surface area contributed by atoms with Crippen LogP contribution in [-0.2, 0) is 0 Å². The monoisotopic (exact) mass is 374 g/mol. The third kappa shape index (κ3) is 3.24. The molecule has 0 bridgehead atoms. The Morgan fingerprint density at radius 1 is 1.18 bits per heavy atom. The van der Waals surface area contributed by atoms with Crippen molar-refractivity contribution in [3.8, 4) is 0 Å². The van der Waals surface area contributed by atoms with Gasteiger partial charge in [0.15, 0.2) is 5.76 Å². The van der Waals surface area contributed by atoms with Crippen molar-refractivity contribution < 1.29 is 9.21 Å². The Kier molecular flexibility index (Phi) is 4.48. The Morgan fingerprint density at radius 3 is 2.59 bits per heavy atom. The number of ketones is 1. The van der Waals surface area contributed by atoms with Crippen LogP contribution in [0, 0.1) is 0 Å². The first-order chi connectivity index (χ1) is 8.18. The van der Waals surface area contributed by atoms with Gasteiger partial charge in [0.25, 0.3) is 0 Å². The standard InChI is InChI=1S/C12H8Br2O2S/c13-8-3-1-2-4-11(8)17-7-10(15)12-9(14)5-6-16-12/h1-6H,7H2. The number of hydrogen-bond donors (Lipinski definition) is 0. The molecule has 0 spiro atoms. The van der Waals surface area contributed by atoms with Gasteiger partial charge in [0.05, 0.1) is 16.5 Å². The maximum Gasteiger partial charge on any atom is 0.209 e. The van der Waals surface area contributed by atoms with Crippen LogP contribution in [0.15, 0.2) is 54.9 Å². The van der Waals surface area contributed by atoms with Crippen LogP contribution < -0.4 is 0 Å². The molecule has 0 aliphatic carbocycles. The van der Waals surface area contributed by atoms with Crippen LogP contribution in [0.5, 0.6) is 0 Å². The number of benzene rings is 1. The first-order valence-electron chi connectivity index (χ1n) is 4.82. The van der Waals surface area contributed by atoms with E-state index >= 15 is 0 Å². The van der Waals surface area contributed by atoms with Crippen LogP contribution in [0.4, 0.5) is 0 Å². The van der Waals surface area contributed by atoms with E-state index in [0.717, 1.165) is 9.37 Å². The molecular formula is C12H8Br2O2S. The van der Waals surface area contributed by atoms with Crippen LogP contribution in [-0.4, -0.2) is 11.5 Å². The number of Topliss-reactive ketones (excluding diaryl/α,β-unsaturated/α-hetero) is 1. The highest BCUT2D eigenvalue weighted by Gasteiger charge is 2.14. The smallest absolute Gasteiger partial charge is 0.209 e. The highest BCUT2D eigenvalue weighted by Crippen LogP contribution is 2.28. The fourth-order valence-corrected chi connectivity index (χ4v) is 3.11. The number of carbonyl (C=O) groups excluding carboxylic acids is 1. The predicted molar refractivity (Wildman–Crippen MR) is 75.6 cm³/mol. The summed E-state index contributed by atoms with van der Waals surface area (Å²) in [6.45, 7) is 0. The van der Waals surface area contributed by atoms with Gasteiger partial charge in [-0.1, -0.05) is 12.1 Å². The molecule has 1 aromatic carbocycles. The van der Waals surface area contributed by atoms with E-state index in [1.54, 1.807) is 6.07 Å². The fourth-order valence-electron chi connectivity index (χ4n) is 1.26. The topological polar surface area (TPSA) is 30.2 Å². The summed E-state index contributed by atoms with van der Waals surface area (Å²) in [5.41, 5.74) is 0. The Labute approximate surface area is 120 Å². The van der Waals surface area contributed by atoms with E-state index in [0.29, 0.717) is 16.0 Å². The molecule has 0 saturated carbocycles. The van der Waals surface area contributed by atoms with Crippen LogP contribution in [0.3, 0.4) is 0 Å². The van der Waals surface area contributed by atoms with Gasteiger partial charge in [0, 0.05) is 9.37 Å². The van der Waals surface area contributed by atoms with E-state index in [1.807, 2.05) is 24.3 Å². The van der Waals surface area contributed by atoms with Crippen molar-refractivity contribution >= 4 is 49.4 Å². The van der Waals surface area contributed by atoms with Gasteiger partial charge in [-0.15, -0.1) is 11.8 Å². The van der Waals surface area contributed by atoms with E-state index < -0.39 is 0 Å². The van der Waals surface area contributed by atoms with Crippen molar-refractivity contribution in [1.82, 2.24) is 0 Å². The number of hydrogen-bond acceptors (Lipinski definition) is 3. The quantitative estimate of drug-likeness (QED) is 0.569. The Morgan fingerprint density at radius 2 is 1.94 bits per heavy atom. The summed E-state index contributed by atoms with van der Waals surface area (Å²) in [5, 5.41) is 0. The highest BCUT2D eigenvalue weighted by molar-refractivity contribution is 9.10. The lowest BCUT2D eigenvalue weighted by Crippen LogP contribution is -2.01. The van der Waals surface area contributed by atoms with Crippen molar-refractivity contribution in [3.05, 3.63) is 51.3 Å². The second-order valence-electron chi connectivity index (χ2n) is 3.24. The summed E-state index contributed by atoms with van der Waals surface area (Å²) >= 11 is 8.20. The first-order valence-corrected chi connectivity index (χ1v) is 7.39. The van der Waals surface area contributed by atoms with E-state index in [1.165, 1.54) is 18.0 Å². The molecule has 1 heterocycles. The average Bonchev–Trinajstić information content (AvgIpc) is 2.74. The zero-order valence-electron chi connectivity index (χ0n) is 8.65. The van der Waals surface area contributed by atoms with Crippen molar-refractivity contribution in [1.29, 1.82) is 0 Å². The summed E-state index contributed by atoms with van der Waals surface area (Å²) in [6.07, 6.45) is 1.50. The Bertz CT molecular complexity index is 537. The third-order valence-corrected chi connectivity index (χ3v) is 4.72. The molecule has 0 saturated heterocycles. The molecule has 0 radical (unpaired) electrons. The first kappa shape index (κ1) is 12.9. The lowest BCUT2D eigenvalue weighted by molar-refractivity contribution is 0.0991. The predicted octanol–water partition coefficient (Wildman–Crippen LogP) is 4.78. The number of halogens is 2. The molecule has 0 aliphatic heterocycles. The lowest BCUT2D eigenvalue weighted by Gasteiger charge is -2.02. The zero-order valence-corrected chi connectivity index (χ0v) is 12.6. The molecular weight excluding hydrogens is 368 g/mol. The van der Waals surface area contributed by atoms with Gasteiger partial charge < -0.3 is 4.42 Å². The molecule has 2 aromatic rings. The minimum atomic E-state index is -0.0253. The van der Waals surface area contributed by atoms with Crippen LogP contribution in [0.2, 0.25) is 0 Å². The maximum absolute atomic E-state index is 11.9. The van der Waals surface area contributed by atoms with E-state index in [9.17, 15) is 4.79 Å². The average molecular weight is 376 g/mol. The largest absolute Gasteiger partial charge is 0.460 e. The minimum Gasteiger partial charge on any atom is -0.460 e. The van der Waals surface area contributed by atoms with Crippen molar-refractivity contribution in [3.63, 3.8) is 0 Å². The SMILES string of the molecule is O=C(CSc1ccccc1Br)c1occc1Br. The molecule has 1 aromatic heterocycles. The maximum atomic E-state index is 11.9. The van der Waals surface area contributed by atoms with E-state index in [-0.39, 0.29) is 5.78 Å². The van der Waals surface area contributed by atoms with Crippen LogP contribution in [0.1, 0.15) is 10.6 Å². The van der Waals surface area contributed by atoms with Crippen molar-refractivity contribution in [2.24, 2.45) is 0 Å². The van der Waals surface area contributed by atoms with Gasteiger partial charge in [0.1, 0.15) is 0 Å². The summed E-state index contributed by atoms with van der Waals surface area (Å²) in [5.74, 6) is 0.710. The fraction of sp³-hybridized carbons (Fsp3) is 0.0833. The molecule has 2 rings (SSSR count). The zero-order chi connectivity index (χ0) is 12.3. The molecule has 0 atom stereocenters.